The third kappa shape index (κ3) is 1.41. The van der Waals surface area contributed by atoms with Crippen LogP contribution in [0.25, 0.3) is 0 Å². The molecule has 1 aromatic heterocycles. The minimum absolute atomic E-state index is 0.0677. The molecular formula is C10H15N3O. The number of hydrogen-bond acceptors (Lipinski definition) is 3. The smallest absolute Gasteiger partial charge is 0.256 e. The molecule has 1 aromatic rings. The number of aromatic nitrogens is 2. The lowest BCUT2D eigenvalue weighted by molar-refractivity contribution is 0.400. The van der Waals surface area contributed by atoms with Gasteiger partial charge in [0.1, 0.15) is 11.6 Å². The Morgan fingerprint density at radius 2 is 2.29 bits per heavy atom. The first-order valence-electron chi connectivity index (χ1n) is 5.11. The topological polar surface area (TPSA) is 71.8 Å². The zero-order valence-electron chi connectivity index (χ0n) is 8.34. The first-order chi connectivity index (χ1) is 6.72. The maximum Gasteiger partial charge on any atom is 0.256 e. The first kappa shape index (κ1) is 9.24. The number of nitrogens with two attached hydrogens (primary N) is 1. The molecule has 1 heterocycles. The van der Waals surface area contributed by atoms with Gasteiger partial charge >= 0.3 is 0 Å². The average Bonchev–Trinajstić information content (AvgIpc) is 2.00. The minimum atomic E-state index is -0.0677. The number of nitrogens with one attached hydrogen (secondary N) is 1. The van der Waals surface area contributed by atoms with Crippen LogP contribution in [0.5, 0.6) is 0 Å². The Bertz CT molecular complexity index is 393. The second-order valence-corrected chi connectivity index (χ2v) is 3.80. The first-order valence-corrected chi connectivity index (χ1v) is 5.11. The molecule has 4 nitrogen and oxygen atoms in total. The van der Waals surface area contributed by atoms with Gasteiger partial charge < -0.3 is 10.7 Å². The number of nitrogens with zero attached hydrogens (tertiary/aromatic N) is 1. The molecule has 0 aromatic carbocycles. The SMILES string of the molecule is CCc1c(N)nc(C2CCC2)[nH]c1=O. The zero-order chi connectivity index (χ0) is 10.1. The summed E-state index contributed by atoms with van der Waals surface area (Å²) in [5, 5.41) is 0. The van der Waals surface area contributed by atoms with Gasteiger partial charge in [0.2, 0.25) is 0 Å². The predicted octanol–water partition coefficient (Wildman–Crippen LogP) is 1.18. The summed E-state index contributed by atoms with van der Waals surface area (Å²) >= 11 is 0. The van der Waals surface area contributed by atoms with Gasteiger partial charge in [-0.15, -0.1) is 0 Å². The fourth-order valence-corrected chi connectivity index (χ4v) is 1.75. The molecule has 0 amide bonds. The van der Waals surface area contributed by atoms with Crippen LogP contribution in [0.2, 0.25) is 0 Å². The molecule has 0 radical (unpaired) electrons. The normalized spacial score (nSPS) is 16.6. The summed E-state index contributed by atoms with van der Waals surface area (Å²) in [6.45, 7) is 1.91. The molecule has 1 saturated carbocycles. The Morgan fingerprint density at radius 3 is 2.71 bits per heavy atom. The molecule has 14 heavy (non-hydrogen) atoms. The number of hydrogen-bond donors (Lipinski definition) is 2. The van der Waals surface area contributed by atoms with Crippen molar-refractivity contribution in [1.82, 2.24) is 9.97 Å². The Morgan fingerprint density at radius 1 is 1.57 bits per heavy atom. The average molecular weight is 193 g/mol. The van der Waals surface area contributed by atoms with Crippen molar-refractivity contribution in [2.75, 3.05) is 5.73 Å². The highest BCUT2D eigenvalue weighted by molar-refractivity contribution is 5.37. The van der Waals surface area contributed by atoms with Gasteiger partial charge in [0.25, 0.3) is 5.56 Å². The Labute approximate surface area is 82.6 Å². The van der Waals surface area contributed by atoms with Crippen molar-refractivity contribution in [3.8, 4) is 0 Å². The minimum Gasteiger partial charge on any atom is -0.383 e. The van der Waals surface area contributed by atoms with Gasteiger partial charge in [0, 0.05) is 5.92 Å². The second-order valence-electron chi connectivity index (χ2n) is 3.80. The summed E-state index contributed by atoms with van der Waals surface area (Å²) < 4.78 is 0. The molecule has 3 N–H and O–H groups in total. The highest BCUT2D eigenvalue weighted by atomic mass is 16.1. The Hall–Kier alpha value is -1.32. The summed E-state index contributed by atoms with van der Waals surface area (Å²) in [6.07, 6.45) is 4.10. The van der Waals surface area contributed by atoms with Crippen LogP contribution in [0.15, 0.2) is 4.79 Å². The summed E-state index contributed by atoms with van der Waals surface area (Å²) in [7, 11) is 0. The molecule has 0 atom stereocenters. The molecule has 0 unspecified atom stereocenters. The Kier molecular flexibility index (Phi) is 2.27. The number of nitrogen functional groups attached to an aromatic ring is 1. The van der Waals surface area contributed by atoms with E-state index in [1.807, 2.05) is 6.92 Å². The van der Waals surface area contributed by atoms with Gasteiger partial charge in [-0.25, -0.2) is 4.98 Å². The van der Waals surface area contributed by atoms with Crippen LogP contribution in [0, 0.1) is 0 Å². The summed E-state index contributed by atoms with van der Waals surface area (Å²) in [6, 6.07) is 0. The lowest BCUT2D eigenvalue weighted by atomic mass is 9.85. The quantitative estimate of drug-likeness (QED) is 0.740. The summed E-state index contributed by atoms with van der Waals surface area (Å²) in [5.74, 6) is 1.60. The molecule has 1 aliphatic rings. The van der Waals surface area contributed by atoms with Crippen LogP contribution < -0.4 is 11.3 Å². The van der Waals surface area contributed by atoms with Crippen LogP contribution in [-0.4, -0.2) is 9.97 Å². The van der Waals surface area contributed by atoms with Crippen molar-refractivity contribution in [1.29, 1.82) is 0 Å². The predicted molar refractivity (Wildman–Crippen MR) is 55.2 cm³/mol. The molecule has 0 saturated heterocycles. The highest BCUT2D eigenvalue weighted by Crippen LogP contribution is 2.34. The van der Waals surface area contributed by atoms with E-state index in [0.717, 1.165) is 18.7 Å². The molecule has 76 valence electrons. The van der Waals surface area contributed by atoms with Crippen molar-refractivity contribution in [2.45, 2.75) is 38.5 Å². The van der Waals surface area contributed by atoms with Crippen molar-refractivity contribution in [2.24, 2.45) is 0 Å². The fourth-order valence-electron chi connectivity index (χ4n) is 1.75. The fraction of sp³-hybridized carbons (Fsp3) is 0.600. The highest BCUT2D eigenvalue weighted by Gasteiger charge is 2.22. The van der Waals surface area contributed by atoms with Crippen LogP contribution in [0.1, 0.15) is 43.5 Å². The van der Waals surface area contributed by atoms with Crippen LogP contribution in [0.3, 0.4) is 0 Å². The third-order valence-electron chi connectivity index (χ3n) is 2.91. The van der Waals surface area contributed by atoms with E-state index in [9.17, 15) is 4.79 Å². The molecular weight excluding hydrogens is 178 g/mol. The number of H-pyrrole nitrogens is 1. The Balaban J connectivity index is 2.40. The van der Waals surface area contributed by atoms with E-state index in [0.29, 0.717) is 23.7 Å². The molecule has 0 aliphatic heterocycles. The lowest BCUT2D eigenvalue weighted by Gasteiger charge is -2.24. The summed E-state index contributed by atoms with van der Waals surface area (Å²) in [4.78, 5) is 18.6. The lowest BCUT2D eigenvalue weighted by Crippen LogP contribution is -2.23. The van der Waals surface area contributed by atoms with E-state index in [1.165, 1.54) is 6.42 Å². The largest absolute Gasteiger partial charge is 0.383 e. The van der Waals surface area contributed by atoms with E-state index >= 15 is 0 Å². The van der Waals surface area contributed by atoms with Gasteiger partial charge in [-0.05, 0) is 19.3 Å². The maximum atomic E-state index is 11.6. The van der Waals surface area contributed by atoms with Gasteiger partial charge in [-0.2, -0.15) is 0 Å². The van der Waals surface area contributed by atoms with E-state index in [2.05, 4.69) is 9.97 Å². The van der Waals surface area contributed by atoms with E-state index in [4.69, 9.17) is 5.73 Å². The molecule has 2 rings (SSSR count). The van der Waals surface area contributed by atoms with Gasteiger partial charge in [-0.3, -0.25) is 4.79 Å². The molecule has 1 aliphatic carbocycles. The second kappa shape index (κ2) is 3.44. The van der Waals surface area contributed by atoms with E-state index in [1.54, 1.807) is 0 Å². The molecule has 0 spiro atoms. The van der Waals surface area contributed by atoms with Crippen molar-refractivity contribution in [3.05, 3.63) is 21.7 Å². The maximum absolute atomic E-state index is 11.6. The molecule has 4 heteroatoms. The third-order valence-corrected chi connectivity index (χ3v) is 2.91. The van der Waals surface area contributed by atoms with Crippen molar-refractivity contribution >= 4 is 5.82 Å². The monoisotopic (exact) mass is 193 g/mol. The number of aromatic amines is 1. The van der Waals surface area contributed by atoms with Crippen LogP contribution >= 0.6 is 0 Å². The van der Waals surface area contributed by atoms with Crippen LogP contribution in [0.4, 0.5) is 5.82 Å². The van der Waals surface area contributed by atoms with Crippen LogP contribution in [-0.2, 0) is 6.42 Å². The van der Waals surface area contributed by atoms with Gasteiger partial charge in [-0.1, -0.05) is 13.3 Å². The van der Waals surface area contributed by atoms with Gasteiger partial charge in [0.15, 0.2) is 0 Å². The molecule has 0 bridgehead atoms. The van der Waals surface area contributed by atoms with Crippen molar-refractivity contribution in [3.63, 3.8) is 0 Å². The number of anilines is 1. The number of rotatable bonds is 2. The standard InChI is InChI=1S/C10H15N3O/c1-2-7-8(11)12-9(13-10(7)14)6-4-3-5-6/h6H,2-5H2,1H3,(H3,11,12,13,14). The van der Waals surface area contributed by atoms with Crippen molar-refractivity contribution < 1.29 is 0 Å². The zero-order valence-corrected chi connectivity index (χ0v) is 8.34. The van der Waals surface area contributed by atoms with E-state index in [-0.39, 0.29) is 5.56 Å². The molecule has 1 fully saturated rings. The van der Waals surface area contributed by atoms with E-state index < -0.39 is 0 Å². The summed E-state index contributed by atoms with van der Waals surface area (Å²) in [5.41, 5.74) is 6.26. The van der Waals surface area contributed by atoms with Gasteiger partial charge in [0.05, 0.1) is 5.56 Å².